The average molecular weight is 357 g/mol. The molecule has 2 aromatic carbocycles. The molecule has 3 rings (SSSR count). The lowest BCUT2D eigenvalue weighted by Crippen LogP contribution is -2.25. The van der Waals surface area contributed by atoms with E-state index in [4.69, 9.17) is 0 Å². The Bertz CT molecular complexity index is 1000. The van der Waals surface area contributed by atoms with E-state index in [9.17, 15) is 8.42 Å². The molecule has 6 heteroatoms. The van der Waals surface area contributed by atoms with E-state index < -0.39 is 9.84 Å². The van der Waals surface area contributed by atoms with Gasteiger partial charge in [0.15, 0.2) is 9.84 Å². The monoisotopic (exact) mass is 357 g/mol. The Morgan fingerprint density at radius 3 is 2.32 bits per heavy atom. The van der Waals surface area contributed by atoms with E-state index in [1.54, 1.807) is 10.9 Å². The van der Waals surface area contributed by atoms with Gasteiger partial charge in [0.2, 0.25) is 0 Å². The Morgan fingerprint density at radius 1 is 1.12 bits per heavy atom. The quantitative estimate of drug-likeness (QED) is 0.700. The lowest BCUT2D eigenvalue weighted by Gasteiger charge is -2.26. The third-order valence-electron chi connectivity index (χ3n) is 4.42. The standard InChI is InChI=1S/C19H23N3O2S/c1-5-21(6-2)17-14(3)12-15-13-20-22(16-10-8-7-9-11-16)18(15)19(17)25(4,23)24/h7-13H,5-6H2,1-4H3. The van der Waals surface area contributed by atoms with E-state index in [1.165, 1.54) is 6.26 Å². The van der Waals surface area contributed by atoms with Crippen LogP contribution in [-0.2, 0) is 9.84 Å². The van der Waals surface area contributed by atoms with Crippen molar-refractivity contribution in [3.63, 3.8) is 0 Å². The normalized spacial score (nSPS) is 11.8. The van der Waals surface area contributed by atoms with Crippen molar-refractivity contribution in [2.24, 2.45) is 0 Å². The highest BCUT2D eigenvalue weighted by Gasteiger charge is 2.26. The summed E-state index contributed by atoms with van der Waals surface area (Å²) in [5.74, 6) is 0. The second-order valence-corrected chi connectivity index (χ2v) is 8.10. The summed E-state index contributed by atoms with van der Waals surface area (Å²) in [7, 11) is -3.45. The Balaban J connectivity index is 2.47. The second-order valence-electron chi connectivity index (χ2n) is 6.15. The molecule has 25 heavy (non-hydrogen) atoms. The molecule has 0 fully saturated rings. The lowest BCUT2D eigenvalue weighted by molar-refractivity contribution is 0.601. The summed E-state index contributed by atoms with van der Waals surface area (Å²) in [6.07, 6.45) is 3.01. The van der Waals surface area contributed by atoms with Gasteiger partial charge >= 0.3 is 0 Å². The molecule has 0 amide bonds. The van der Waals surface area contributed by atoms with Gasteiger partial charge in [0.25, 0.3) is 0 Å². The van der Waals surface area contributed by atoms with Crippen molar-refractivity contribution >= 4 is 26.4 Å². The fraction of sp³-hybridized carbons (Fsp3) is 0.316. The van der Waals surface area contributed by atoms with Gasteiger partial charge in [-0.25, -0.2) is 13.1 Å². The summed E-state index contributed by atoms with van der Waals surface area (Å²) in [5.41, 5.74) is 3.21. The fourth-order valence-electron chi connectivity index (χ4n) is 3.34. The van der Waals surface area contributed by atoms with Crippen LogP contribution >= 0.6 is 0 Å². The number of aromatic nitrogens is 2. The van der Waals surface area contributed by atoms with Crippen LogP contribution in [0.15, 0.2) is 47.5 Å². The summed E-state index contributed by atoms with van der Waals surface area (Å²) >= 11 is 0. The minimum absolute atomic E-state index is 0.354. The maximum absolute atomic E-state index is 12.8. The van der Waals surface area contributed by atoms with Crippen molar-refractivity contribution in [3.05, 3.63) is 48.2 Å². The number of rotatable bonds is 5. The summed E-state index contributed by atoms with van der Waals surface area (Å²) in [6.45, 7) is 7.51. The van der Waals surface area contributed by atoms with Crippen molar-refractivity contribution in [1.82, 2.24) is 9.78 Å². The summed E-state index contributed by atoms with van der Waals surface area (Å²) < 4.78 is 27.3. The van der Waals surface area contributed by atoms with Crippen LogP contribution in [0.4, 0.5) is 5.69 Å². The first-order valence-electron chi connectivity index (χ1n) is 8.40. The first-order chi connectivity index (χ1) is 11.9. The predicted molar refractivity (Wildman–Crippen MR) is 102 cm³/mol. The number of hydrogen-bond acceptors (Lipinski definition) is 4. The summed E-state index contributed by atoms with van der Waals surface area (Å²) in [4.78, 5) is 2.44. The van der Waals surface area contributed by atoms with Gasteiger partial charge in [0.05, 0.1) is 23.1 Å². The SMILES string of the molecule is CCN(CC)c1c(C)cc2cnn(-c3ccccc3)c2c1S(C)(=O)=O. The van der Waals surface area contributed by atoms with Crippen molar-refractivity contribution in [1.29, 1.82) is 0 Å². The zero-order chi connectivity index (χ0) is 18.2. The van der Waals surface area contributed by atoms with Crippen molar-refractivity contribution < 1.29 is 8.42 Å². The number of benzene rings is 2. The molecule has 0 aliphatic heterocycles. The molecule has 0 unspecified atom stereocenters. The van der Waals surface area contributed by atoms with Gasteiger partial charge in [-0.3, -0.25) is 0 Å². The molecule has 132 valence electrons. The van der Waals surface area contributed by atoms with Crippen molar-refractivity contribution in [2.45, 2.75) is 25.7 Å². The molecule has 0 N–H and O–H groups in total. The van der Waals surface area contributed by atoms with Crippen LogP contribution in [0.3, 0.4) is 0 Å². The van der Waals surface area contributed by atoms with Gasteiger partial charge < -0.3 is 4.90 Å². The summed E-state index contributed by atoms with van der Waals surface area (Å²) in [6, 6.07) is 11.6. The molecule has 0 saturated heterocycles. The Kier molecular flexibility index (Phi) is 4.56. The first kappa shape index (κ1) is 17.5. The Labute approximate surface area is 148 Å². The third kappa shape index (κ3) is 3.02. The van der Waals surface area contributed by atoms with Crippen LogP contribution in [0.2, 0.25) is 0 Å². The molecule has 0 spiro atoms. The highest BCUT2D eigenvalue weighted by Crippen LogP contribution is 2.37. The molecule has 1 aromatic heterocycles. The first-order valence-corrected chi connectivity index (χ1v) is 10.3. The number of fused-ring (bicyclic) bond motifs is 1. The zero-order valence-corrected chi connectivity index (χ0v) is 15.8. The maximum atomic E-state index is 12.8. The van der Waals surface area contributed by atoms with Crippen LogP contribution < -0.4 is 4.90 Å². The molecule has 0 aliphatic carbocycles. The highest BCUT2D eigenvalue weighted by atomic mass is 32.2. The second kappa shape index (κ2) is 6.52. The van der Waals surface area contributed by atoms with E-state index in [-0.39, 0.29) is 0 Å². The highest BCUT2D eigenvalue weighted by molar-refractivity contribution is 7.91. The average Bonchev–Trinajstić information content (AvgIpc) is 2.99. The zero-order valence-electron chi connectivity index (χ0n) is 15.0. The van der Waals surface area contributed by atoms with Crippen LogP contribution in [0.5, 0.6) is 0 Å². The van der Waals surface area contributed by atoms with Crippen LogP contribution in [0.25, 0.3) is 16.6 Å². The van der Waals surface area contributed by atoms with Crippen LogP contribution in [0, 0.1) is 6.92 Å². The number of para-hydroxylation sites is 1. The predicted octanol–water partition coefficient (Wildman–Crippen LogP) is 3.58. The smallest absolute Gasteiger partial charge is 0.179 e. The minimum atomic E-state index is -3.45. The molecule has 3 aromatic rings. The lowest BCUT2D eigenvalue weighted by atomic mass is 10.1. The van der Waals surface area contributed by atoms with Crippen LogP contribution in [0.1, 0.15) is 19.4 Å². The van der Waals surface area contributed by atoms with E-state index in [0.717, 1.165) is 35.4 Å². The topological polar surface area (TPSA) is 55.2 Å². The number of sulfone groups is 1. The van der Waals surface area contributed by atoms with Crippen molar-refractivity contribution in [2.75, 3.05) is 24.2 Å². The molecule has 0 aliphatic rings. The molecule has 1 heterocycles. The molecule has 5 nitrogen and oxygen atoms in total. The molecular weight excluding hydrogens is 334 g/mol. The number of anilines is 1. The van der Waals surface area contributed by atoms with Gasteiger partial charge in [-0.15, -0.1) is 0 Å². The van der Waals surface area contributed by atoms with Crippen LogP contribution in [-0.4, -0.2) is 37.5 Å². The number of aryl methyl sites for hydroxylation is 1. The Hall–Kier alpha value is -2.34. The van der Waals surface area contributed by atoms with Gasteiger partial charge in [0.1, 0.15) is 4.90 Å². The fourth-order valence-corrected chi connectivity index (χ4v) is 4.53. The van der Waals surface area contributed by atoms with E-state index >= 15 is 0 Å². The van der Waals surface area contributed by atoms with Gasteiger partial charge in [0, 0.05) is 24.7 Å². The largest absolute Gasteiger partial charge is 0.371 e. The Morgan fingerprint density at radius 2 is 1.76 bits per heavy atom. The number of nitrogens with zero attached hydrogens (tertiary/aromatic N) is 3. The van der Waals surface area contributed by atoms with E-state index in [0.29, 0.717) is 10.4 Å². The molecule has 0 bridgehead atoms. The summed E-state index contributed by atoms with van der Waals surface area (Å²) in [5, 5.41) is 5.30. The molecule has 0 radical (unpaired) electrons. The van der Waals surface area contributed by atoms with E-state index in [2.05, 4.69) is 10.00 Å². The van der Waals surface area contributed by atoms with Gasteiger partial charge in [-0.05, 0) is 44.5 Å². The molecular formula is C19H23N3O2S. The van der Waals surface area contributed by atoms with Gasteiger partial charge in [-0.2, -0.15) is 5.10 Å². The maximum Gasteiger partial charge on any atom is 0.179 e. The number of hydrogen-bond donors (Lipinski definition) is 0. The molecule has 0 saturated carbocycles. The van der Waals surface area contributed by atoms with Crippen molar-refractivity contribution in [3.8, 4) is 5.69 Å². The minimum Gasteiger partial charge on any atom is -0.371 e. The van der Waals surface area contributed by atoms with Gasteiger partial charge in [-0.1, -0.05) is 18.2 Å². The van der Waals surface area contributed by atoms with E-state index in [1.807, 2.05) is 57.2 Å². The molecule has 0 atom stereocenters. The third-order valence-corrected chi connectivity index (χ3v) is 5.55.